The number of hydrogen-bond donors (Lipinski definition) is 1. The van der Waals surface area contributed by atoms with Gasteiger partial charge in [0.15, 0.2) is 0 Å². The van der Waals surface area contributed by atoms with E-state index in [1.54, 1.807) is 0 Å². The highest BCUT2D eigenvalue weighted by molar-refractivity contribution is 5.95. The summed E-state index contributed by atoms with van der Waals surface area (Å²) in [5, 5.41) is 1.64. The van der Waals surface area contributed by atoms with Gasteiger partial charge in [0.05, 0.1) is 0 Å². The number of aryl methyl sites for hydroxylation is 1. The van der Waals surface area contributed by atoms with Gasteiger partial charge in [-0.3, -0.25) is 9.59 Å². The summed E-state index contributed by atoms with van der Waals surface area (Å²) in [5.74, 6) is 0.0279. The van der Waals surface area contributed by atoms with Gasteiger partial charge >= 0.3 is 0 Å². The van der Waals surface area contributed by atoms with Crippen LogP contribution in [0.15, 0.2) is 53.3 Å². The molecule has 0 bridgehead atoms. The van der Waals surface area contributed by atoms with Crippen LogP contribution in [0.1, 0.15) is 29.3 Å². The number of carbonyl (C=O) groups is 1. The van der Waals surface area contributed by atoms with E-state index in [2.05, 4.69) is 23.9 Å². The molecule has 0 spiro atoms. The average molecular weight is 404 g/mol. The summed E-state index contributed by atoms with van der Waals surface area (Å²) < 4.78 is 0. The first-order chi connectivity index (χ1) is 14.3. The maximum atomic E-state index is 12.9. The summed E-state index contributed by atoms with van der Waals surface area (Å²) in [7, 11) is 4.01. The lowest BCUT2D eigenvalue weighted by atomic mass is 9.89. The zero-order valence-corrected chi connectivity index (χ0v) is 18.2. The Bertz CT molecular complexity index is 1150. The molecule has 0 saturated carbocycles. The van der Waals surface area contributed by atoms with E-state index in [1.165, 1.54) is 0 Å². The summed E-state index contributed by atoms with van der Waals surface area (Å²) in [6.45, 7) is 7.09. The second-order valence-electron chi connectivity index (χ2n) is 9.09. The number of likely N-dealkylation sites (tertiary alicyclic amines) is 1. The smallest absolute Gasteiger partial charge is 0.256 e. The van der Waals surface area contributed by atoms with Crippen LogP contribution in [0.3, 0.4) is 0 Å². The van der Waals surface area contributed by atoms with Crippen molar-refractivity contribution in [2.24, 2.45) is 5.41 Å². The molecule has 0 radical (unpaired) electrons. The van der Waals surface area contributed by atoms with Crippen molar-refractivity contribution in [2.45, 2.75) is 20.3 Å². The highest BCUT2D eigenvalue weighted by Crippen LogP contribution is 2.30. The minimum atomic E-state index is -0.0964. The van der Waals surface area contributed by atoms with Gasteiger partial charge in [-0.05, 0) is 73.1 Å². The Kier molecular flexibility index (Phi) is 5.24. The summed E-state index contributed by atoms with van der Waals surface area (Å²) in [4.78, 5) is 32.5. The van der Waals surface area contributed by atoms with Crippen LogP contribution in [-0.2, 0) is 0 Å². The monoisotopic (exact) mass is 403 g/mol. The molecule has 1 atom stereocenters. The number of fused-ring (bicyclic) bond motifs is 1. The Labute approximate surface area is 177 Å². The first kappa shape index (κ1) is 20.4. The fourth-order valence-electron chi connectivity index (χ4n) is 4.65. The van der Waals surface area contributed by atoms with Crippen LogP contribution >= 0.6 is 0 Å². The summed E-state index contributed by atoms with van der Waals surface area (Å²) in [6, 6.07) is 15.2. The third-order valence-electron chi connectivity index (χ3n) is 6.26. The van der Waals surface area contributed by atoms with Crippen LogP contribution in [0.25, 0.3) is 22.0 Å². The van der Waals surface area contributed by atoms with Gasteiger partial charge in [-0.2, -0.15) is 0 Å². The molecule has 1 unspecified atom stereocenters. The zero-order chi connectivity index (χ0) is 21.5. The largest absolute Gasteiger partial charge is 0.341 e. The molecule has 156 valence electrons. The molecule has 0 aliphatic carbocycles. The number of H-pyrrole nitrogens is 1. The lowest BCUT2D eigenvalue weighted by Gasteiger charge is -2.30. The van der Waals surface area contributed by atoms with Crippen molar-refractivity contribution in [3.05, 3.63) is 70.0 Å². The van der Waals surface area contributed by atoms with Crippen molar-refractivity contribution in [1.82, 2.24) is 14.8 Å². The maximum absolute atomic E-state index is 12.9. The van der Waals surface area contributed by atoms with Crippen LogP contribution in [0.2, 0.25) is 0 Å². The van der Waals surface area contributed by atoms with Gasteiger partial charge < -0.3 is 14.8 Å². The normalized spacial score (nSPS) is 19.3. The Morgan fingerprint density at radius 1 is 1.17 bits per heavy atom. The van der Waals surface area contributed by atoms with Gasteiger partial charge in [-0.15, -0.1) is 0 Å². The molecule has 5 nitrogen and oxygen atoms in total. The predicted molar refractivity (Wildman–Crippen MR) is 122 cm³/mol. The minimum absolute atomic E-state index is 0.0279. The number of nitrogens with one attached hydrogen (secondary N) is 1. The van der Waals surface area contributed by atoms with Crippen molar-refractivity contribution in [2.75, 3.05) is 33.7 Å². The van der Waals surface area contributed by atoms with Gasteiger partial charge in [0, 0.05) is 36.8 Å². The van der Waals surface area contributed by atoms with Crippen molar-refractivity contribution in [3.8, 4) is 11.3 Å². The number of amides is 1. The van der Waals surface area contributed by atoms with Crippen LogP contribution < -0.4 is 5.56 Å². The van der Waals surface area contributed by atoms with E-state index in [-0.39, 0.29) is 16.9 Å². The van der Waals surface area contributed by atoms with Gasteiger partial charge in [0.1, 0.15) is 0 Å². The Morgan fingerprint density at radius 2 is 1.90 bits per heavy atom. The molecule has 4 rings (SSSR count). The van der Waals surface area contributed by atoms with E-state index in [4.69, 9.17) is 0 Å². The van der Waals surface area contributed by atoms with E-state index in [0.29, 0.717) is 10.9 Å². The molecule has 1 aliphatic heterocycles. The standard InChI is InChI=1S/C25H29N3O2/c1-17-6-5-7-20-21(17)14-22(26-23(20)29)18-8-10-19(11-9-18)24(30)28(4)16-25(2)12-13-27(3)15-25/h5-11,14H,12-13,15-16H2,1-4H3,(H,26,29). The number of benzene rings is 2. The highest BCUT2D eigenvalue weighted by atomic mass is 16.2. The van der Waals surface area contributed by atoms with E-state index >= 15 is 0 Å². The van der Waals surface area contributed by atoms with E-state index in [9.17, 15) is 9.59 Å². The predicted octanol–water partition coefficient (Wildman–Crippen LogP) is 3.92. The van der Waals surface area contributed by atoms with E-state index in [1.807, 2.05) is 67.4 Å². The third kappa shape index (κ3) is 3.90. The summed E-state index contributed by atoms with van der Waals surface area (Å²) >= 11 is 0. The molecule has 3 aromatic rings. The molecule has 1 N–H and O–H groups in total. The van der Waals surface area contributed by atoms with Crippen molar-refractivity contribution >= 4 is 16.7 Å². The van der Waals surface area contributed by atoms with Crippen molar-refractivity contribution in [3.63, 3.8) is 0 Å². The van der Waals surface area contributed by atoms with Crippen LogP contribution in [-0.4, -0.2) is 54.4 Å². The van der Waals surface area contributed by atoms with E-state index < -0.39 is 0 Å². The molecule has 30 heavy (non-hydrogen) atoms. The molecule has 1 amide bonds. The number of nitrogens with zero attached hydrogens (tertiary/aromatic N) is 2. The zero-order valence-electron chi connectivity index (χ0n) is 18.2. The van der Waals surface area contributed by atoms with Crippen LogP contribution in [0.5, 0.6) is 0 Å². The average Bonchev–Trinajstić information content (AvgIpc) is 3.06. The molecule has 1 fully saturated rings. The Morgan fingerprint density at radius 3 is 2.57 bits per heavy atom. The van der Waals surface area contributed by atoms with Crippen LogP contribution in [0.4, 0.5) is 0 Å². The minimum Gasteiger partial charge on any atom is -0.341 e. The lowest BCUT2D eigenvalue weighted by Crippen LogP contribution is -2.38. The molecule has 2 heterocycles. The number of aromatic amines is 1. The summed E-state index contributed by atoms with van der Waals surface area (Å²) in [5.41, 5.74) is 3.42. The number of aromatic nitrogens is 1. The number of pyridine rings is 1. The fourth-order valence-corrected chi connectivity index (χ4v) is 4.65. The topological polar surface area (TPSA) is 56.4 Å². The van der Waals surface area contributed by atoms with Crippen molar-refractivity contribution < 1.29 is 4.79 Å². The first-order valence-electron chi connectivity index (χ1n) is 10.4. The van der Waals surface area contributed by atoms with Gasteiger partial charge in [-0.25, -0.2) is 0 Å². The number of carbonyl (C=O) groups excluding carboxylic acids is 1. The summed E-state index contributed by atoms with van der Waals surface area (Å²) in [6.07, 6.45) is 1.11. The number of hydrogen-bond acceptors (Lipinski definition) is 3. The second-order valence-corrected chi connectivity index (χ2v) is 9.09. The quantitative estimate of drug-likeness (QED) is 0.718. The molecular weight excluding hydrogens is 374 g/mol. The van der Waals surface area contributed by atoms with Crippen molar-refractivity contribution in [1.29, 1.82) is 0 Å². The third-order valence-corrected chi connectivity index (χ3v) is 6.26. The maximum Gasteiger partial charge on any atom is 0.256 e. The Hall–Kier alpha value is -2.92. The van der Waals surface area contributed by atoms with Gasteiger partial charge in [0.2, 0.25) is 0 Å². The van der Waals surface area contributed by atoms with E-state index in [0.717, 1.165) is 48.3 Å². The first-order valence-corrected chi connectivity index (χ1v) is 10.4. The molecule has 5 heteroatoms. The molecule has 1 aromatic heterocycles. The van der Waals surface area contributed by atoms with Gasteiger partial charge in [-0.1, -0.05) is 31.2 Å². The molecule has 2 aromatic carbocycles. The number of rotatable bonds is 4. The van der Waals surface area contributed by atoms with Gasteiger partial charge in [0.25, 0.3) is 11.5 Å². The molecule has 1 aliphatic rings. The highest BCUT2D eigenvalue weighted by Gasteiger charge is 2.34. The SMILES string of the molecule is Cc1cccc2c(=O)[nH]c(-c3ccc(C(=O)N(C)CC4(C)CCN(C)C4)cc3)cc12. The molecular formula is C25H29N3O2. The lowest BCUT2D eigenvalue weighted by molar-refractivity contribution is 0.0730. The Balaban J connectivity index is 1.56. The fraction of sp³-hybridized carbons (Fsp3) is 0.360. The second kappa shape index (κ2) is 7.73. The van der Waals surface area contributed by atoms with Crippen LogP contribution in [0, 0.1) is 12.3 Å². The molecule has 1 saturated heterocycles.